The van der Waals surface area contributed by atoms with Crippen molar-refractivity contribution in [2.24, 2.45) is 28.6 Å². The average Bonchev–Trinajstić information content (AvgIpc) is 3.45. The van der Waals surface area contributed by atoms with Crippen molar-refractivity contribution in [1.82, 2.24) is 0 Å². The molecule has 2 heterocycles. The molecule has 0 aromatic heterocycles. The Morgan fingerprint density at radius 1 is 1.00 bits per heavy atom. The van der Waals surface area contributed by atoms with Crippen LogP contribution in [0.15, 0.2) is 11.6 Å². The summed E-state index contributed by atoms with van der Waals surface area (Å²) >= 11 is 0. The Labute approximate surface area is 233 Å². The van der Waals surface area contributed by atoms with Gasteiger partial charge in [-0.05, 0) is 69.3 Å². The number of carbonyl (C=O) groups is 1. The number of aliphatic hydroxyl groups is 7. The van der Waals surface area contributed by atoms with Crippen LogP contribution >= 0.6 is 0 Å². The lowest BCUT2D eigenvalue weighted by Gasteiger charge is -2.67. The number of hydrogen-bond donors (Lipinski definition) is 7. The van der Waals surface area contributed by atoms with Crippen LogP contribution in [-0.4, -0.2) is 109 Å². The molecule has 0 bridgehead atoms. The number of fused-ring (bicyclic) bond motifs is 5. The van der Waals surface area contributed by atoms with E-state index in [9.17, 15) is 40.5 Å². The standard InChI is InChI=1S/C29H44O11/c1-14-22(33)23(34)24(35)25(39-14)40-16-3-6-27(13-30)21-18(4-7-28(27,36)10-16)29(37)8-5-17(15-9-20(32)38-12-15)26(29,2)11-19(21)31/h9,14,16-19,21-25,30-31,33-37H,3-8,10-13H2,1-2H3/t14-,16+,17-,18-,19-,21-,22+,23-,24-,25+,26-,27+,28+,29+/m1/s1. The number of esters is 1. The van der Waals surface area contributed by atoms with Crippen molar-refractivity contribution in [3.05, 3.63) is 11.6 Å². The monoisotopic (exact) mass is 568 g/mol. The van der Waals surface area contributed by atoms with E-state index in [0.717, 1.165) is 5.57 Å². The van der Waals surface area contributed by atoms with E-state index in [1.807, 2.05) is 6.92 Å². The summed E-state index contributed by atoms with van der Waals surface area (Å²) in [7, 11) is 0. The molecule has 2 aliphatic heterocycles. The Kier molecular flexibility index (Phi) is 7.01. The number of ether oxygens (including phenoxy) is 3. The lowest BCUT2D eigenvalue weighted by atomic mass is 9.40. The number of rotatable bonds is 4. The van der Waals surface area contributed by atoms with E-state index in [1.54, 1.807) is 6.92 Å². The van der Waals surface area contributed by atoms with E-state index >= 15 is 0 Å². The van der Waals surface area contributed by atoms with Crippen molar-refractivity contribution < 1.29 is 54.8 Å². The van der Waals surface area contributed by atoms with Gasteiger partial charge in [-0.2, -0.15) is 0 Å². The molecule has 40 heavy (non-hydrogen) atoms. The number of hydrogen-bond acceptors (Lipinski definition) is 11. The highest BCUT2D eigenvalue weighted by Crippen LogP contribution is 2.70. The lowest BCUT2D eigenvalue weighted by Crippen LogP contribution is -2.72. The van der Waals surface area contributed by atoms with Crippen LogP contribution in [-0.2, 0) is 19.0 Å². The van der Waals surface area contributed by atoms with Gasteiger partial charge in [0.15, 0.2) is 6.29 Å². The van der Waals surface area contributed by atoms with Crippen molar-refractivity contribution in [2.45, 2.75) is 119 Å². The Morgan fingerprint density at radius 2 is 1.75 bits per heavy atom. The molecule has 4 saturated carbocycles. The maximum atomic E-state index is 12.4. The van der Waals surface area contributed by atoms with E-state index in [1.165, 1.54) is 6.08 Å². The molecular weight excluding hydrogens is 524 g/mol. The van der Waals surface area contributed by atoms with Gasteiger partial charge >= 0.3 is 5.97 Å². The second-order valence-electron chi connectivity index (χ2n) is 13.7. The topological polar surface area (TPSA) is 186 Å². The van der Waals surface area contributed by atoms with E-state index < -0.39 is 70.9 Å². The molecular formula is C29H44O11. The summed E-state index contributed by atoms with van der Waals surface area (Å²) in [5, 5.41) is 77.8. The number of carbonyl (C=O) groups excluding carboxylic acids is 1. The van der Waals surface area contributed by atoms with Crippen molar-refractivity contribution in [3.63, 3.8) is 0 Å². The summed E-state index contributed by atoms with van der Waals surface area (Å²) in [5.74, 6) is -1.38. The highest BCUT2D eigenvalue weighted by Gasteiger charge is 2.73. The molecule has 226 valence electrons. The minimum Gasteiger partial charge on any atom is -0.458 e. The van der Waals surface area contributed by atoms with Gasteiger partial charge in [-0.15, -0.1) is 0 Å². The Balaban J connectivity index is 1.25. The normalized spacial score (nSPS) is 56.1. The molecule has 0 unspecified atom stereocenters. The molecule has 0 spiro atoms. The fourth-order valence-electron chi connectivity index (χ4n) is 10.0. The van der Waals surface area contributed by atoms with Crippen molar-refractivity contribution in [3.8, 4) is 0 Å². The van der Waals surface area contributed by atoms with Crippen LogP contribution < -0.4 is 0 Å². The second-order valence-corrected chi connectivity index (χ2v) is 13.7. The van der Waals surface area contributed by atoms with Crippen LogP contribution in [0.1, 0.15) is 65.2 Å². The average molecular weight is 569 g/mol. The van der Waals surface area contributed by atoms with E-state index in [4.69, 9.17) is 14.2 Å². The van der Waals surface area contributed by atoms with E-state index in [0.29, 0.717) is 38.5 Å². The molecule has 11 nitrogen and oxygen atoms in total. The molecule has 11 heteroatoms. The molecule has 1 saturated heterocycles. The van der Waals surface area contributed by atoms with Crippen LogP contribution in [0.2, 0.25) is 0 Å². The number of aliphatic hydroxyl groups excluding tert-OH is 5. The molecule has 0 amide bonds. The minimum absolute atomic E-state index is 0.104. The van der Waals surface area contributed by atoms with Crippen molar-refractivity contribution in [2.75, 3.05) is 13.2 Å². The summed E-state index contributed by atoms with van der Waals surface area (Å²) < 4.78 is 16.8. The van der Waals surface area contributed by atoms with Gasteiger partial charge in [0.25, 0.3) is 0 Å². The Bertz CT molecular complexity index is 1050. The molecule has 14 atom stereocenters. The van der Waals surface area contributed by atoms with Crippen LogP contribution in [0.4, 0.5) is 0 Å². The van der Waals surface area contributed by atoms with Crippen molar-refractivity contribution in [1.29, 1.82) is 0 Å². The molecule has 0 aromatic carbocycles. The van der Waals surface area contributed by atoms with Gasteiger partial charge in [0.05, 0.1) is 36.1 Å². The quantitative estimate of drug-likeness (QED) is 0.171. The number of cyclic esters (lactones) is 1. The Morgan fingerprint density at radius 3 is 2.42 bits per heavy atom. The summed E-state index contributed by atoms with van der Waals surface area (Å²) in [5.41, 5.74) is -3.43. The predicted octanol–water partition coefficient (Wildman–Crippen LogP) is -0.486. The first-order chi connectivity index (χ1) is 18.8. The van der Waals surface area contributed by atoms with Crippen molar-refractivity contribution >= 4 is 5.97 Å². The van der Waals surface area contributed by atoms with Crippen LogP contribution in [0.3, 0.4) is 0 Å². The molecule has 7 N–H and O–H groups in total. The van der Waals surface area contributed by atoms with Gasteiger partial charge < -0.3 is 50.0 Å². The SMILES string of the molecule is C[C@H]1O[C@@H](O[C@H]2CC[C@]3(CO)[C@H]4[C@H](O)C[C@]5(C)[C@@H](C6=CC(=O)OC6)CC[C@]5(O)[C@@H]4CC[C@]3(O)C2)[C@H](O)[C@H](O)[C@H]1O. The molecule has 0 radical (unpaired) electrons. The van der Waals surface area contributed by atoms with Gasteiger partial charge in [0.1, 0.15) is 24.9 Å². The zero-order valence-electron chi connectivity index (χ0n) is 23.2. The zero-order chi connectivity index (χ0) is 28.8. The first kappa shape index (κ1) is 28.9. The summed E-state index contributed by atoms with van der Waals surface area (Å²) in [4.78, 5) is 11.8. The first-order valence-corrected chi connectivity index (χ1v) is 14.8. The second kappa shape index (κ2) is 9.68. The highest BCUT2D eigenvalue weighted by molar-refractivity contribution is 5.85. The molecule has 4 aliphatic carbocycles. The highest BCUT2D eigenvalue weighted by atomic mass is 16.7. The van der Waals surface area contributed by atoms with Gasteiger partial charge in [-0.3, -0.25) is 0 Å². The summed E-state index contributed by atoms with van der Waals surface area (Å²) in [6, 6.07) is 0. The molecule has 5 fully saturated rings. The maximum Gasteiger partial charge on any atom is 0.331 e. The lowest BCUT2D eigenvalue weighted by molar-refractivity contribution is -0.327. The fourth-order valence-corrected chi connectivity index (χ4v) is 10.0. The third-order valence-corrected chi connectivity index (χ3v) is 12.1. The first-order valence-electron chi connectivity index (χ1n) is 14.8. The molecule has 6 rings (SSSR count). The largest absolute Gasteiger partial charge is 0.458 e. The van der Waals surface area contributed by atoms with Gasteiger partial charge in [0, 0.05) is 29.2 Å². The van der Waals surface area contributed by atoms with E-state index in [2.05, 4.69) is 0 Å². The van der Waals surface area contributed by atoms with Crippen LogP contribution in [0.25, 0.3) is 0 Å². The molecule has 6 aliphatic rings. The maximum absolute atomic E-state index is 12.4. The zero-order valence-corrected chi connectivity index (χ0v) is 23.2. The van der Waals surface area contributed by atoms with Crippen LogP contribution in [0, 0.1) is 28.6 Å². The smallest absolute Gasteiger partial charge is 0.331 e. The fraction of sp³-hybridized carbons (Fsp3) is 0.897. The van der Waals surface area contributed by atoms with Crippen LogP contribution in [0.5, 0.6) is 0 Å². The minimum atomic E-state index is -1.46. The third-order valence-electron chi connectivity index (χ3n) is 12.1. The Hall–Kier alpha value is -1.15. The predicted molar refractivity (Wildman–Crippen MR) is 137 cm³/mol. The summed E-state index contributed by atoms with van der Waals surface area (Å²) in [6.45, 7) is 3.41. The van der Waals surface area contributed by atoms with Gasteiger partial charge in [0.2, 0.25) is 0 Å². The van der Waals surface area contributed by atoms with E-state index in [-0.39, 0.29) is 43.9 Å². The van der Waals surface area contributed by atoms with Gasteiger partial charge in [-0.1, -0.05) is 6.92 Å². The third kappa shape index (κ3) is 3.85. The molecule has 0 aromatic rings. The van der Waals surface area contributed by atoms with Gasteiger partial charge in [-0.25, -0.2) is 4.79 Å². The summed E-state index contributed by atoms with van der Waals surface area (Å²) in [6.07, 6.45) is -2.94.